The molecular weight excluding hydrogens is 521 g/mol. The number of nitrogens with one attached hydrogen (secondary N) is 1. The first-order valence-electron chi connectivity index (χ1n) is 10.3. The van der Waals surface area contributed by atoms with E-state index in [1.54, 1.807) is 0 Å². The number of alkyl halides is 6. The Kier molecular flexibility index (Phi) is 7.72. The molecule has 0 spiro atoms. The lowest BCUT2D eigenvalue weighted by molar-refractivity contribution is -0.139. The molecule has 0 fully saturated rings. The van der Waals surface area contributed by atoms with Gasteiger partial charge in [-0.3, -0.25) is 18.7 Å². The van der Waals surface area contributed by atoms with Gasteiger partial charge in [0.25, 0.3) is 0 Å². The Morgan fingerprint density at radius 3 is 2.14 bits per heavy atom. The summed E-state index contributed by atoms with van der Waals surface area (Å²) in [6, 6.07) is 4.33. The van der Waals surface area contributed by atoms with Gasteiger partial charge in [-0.25, -0.2) is 0 Å². The minimum absolute atomic E-state index is 0.102. The third kappa shape index (κ3) is 6.00. The second kappa shape index (κ2) is 10.1. The van der Waals surface area contributed by atoms with E-state index in [0.717, 1.165) is 12.1 Å². The zero-order chi connectivity index (χ0) is 26.9. The lowest BCUT2D eigenvalue weighted by atomic mass is 10.1. The summed E-state index contributed by atoms with van der Waals surface area (Å²) in [6.45, 7) is 2.77. The zero-order valence-corrected chi connectivity index (χ0v) is 19.6. The maximum Gasteiger partial charge on any atom is 0.420 e. The van der Waals surface area contributed by atoms with Crippen LogP contribution in [0.25, 0.3) is 11.0 Å². The number of H-pyrrole nitrogens is 1. The van der Waals surface area contributed by atoms with Crippen LogP contribution in [0.5, 0.6) is 11.5 Å². The first-order chi connectivity index (χ1) is 16.7. The summed E-state index contributed by atoms with van der Waals surface area (Å²) >= 11 is 0. The summed E-state index contributed by atoms with van der Waals surface area (Å²) in [5, 5.41) is 0. The van der Waals surface area contributed by atoms with E-state index < -0.39 is 65.5 Å². The van der Waals surface area contributed by atoms with Crippen LogP contribution in [0, 0.1) is 0 Å². The van der Waals surface area contributed by atoms with Crippen LogP contribution < -0.4 is 15.9 Å². The summed E-state index contributed by atoms with van der Waals surface area (Å²) in [7, 11) is -4.02. The van der Waals surface area contributed by atoms with Gasteiger partial charge in [0.05, 0.1) is 29.8 Å². The number of aromatic nitrogens is 2. The SMILES string of the molecule is CCOP(=O)(Cn1c(=O)c(=O)[nH]c2cc(C(F)(F)F)c(Oc3cccc(C(F)(F)F)c3)cc21)OCC. The minimum Gasteiger partial charge on any atom is -0.457 e. The van der Waals surface area contributed by atoms with Gasteiger partial charge >= 0.3 is 31.1 Å². The average molecular weight is 540 g/mol. The second-order valence-corrected chi connectivity index (χ2v) is 9.29. The van der Waals surface area contributed by atoms with E-state index in [1.807, 2.05) is 4.98 Å². The Bertz CT molecular complexity index is 1420. The van der Waals surface area contributed by atoms with Crippen LogP contribution in [0.15, 0.2) is 46.0 Å². The van der Waals surface area contributed by atoms with Crippen molar-refractivity contribution in [3.05, 3.63) is 68.2 Å². The fourth-order valence-electron chi connectivity index (χ4n) is 3.30. The van der Waals surface area contributed by atoms with Gasteiger partial charge in [0.15, 0.2) is 0 Å². The van der Waals surface area contributed by atoms with Gasteiger partial charge < -0.3 is 18.8 Å². The van der Waals surface area contributed by atoms with Crippen LogP contribution in [0.4, 0.5) is 26.3 Å². The van der Waals surface area contributed by atoms with E-state index >= 15 is 0 Å². The standard InChI is InChI=1S/C21H19F6N2O6P/c1-3-33-36(32,34-4-2)11-29-16-10-17(35-13-7-5-6-12(8-13)20(22,23)24)14(21(25,26)27)9-15(16)28-18(30)19(29)31/h5-10H,3-4,11H2,1-2H3,(H,28,30). The molecule has 0 aliphatic rings. The Balaban J connectivity index is 2.26. The number of hydrogen-bond donors (Lipinski definition) is 1. The summed E-state index contributed by atoms with van der Waals surface area (Å²) in [5.41, 5.74) is -6.00. The average Bonchev–Trinajstić information content (AvgIpc) is 2.76. The number of hydrogen-bond acceptors (Lipinski definition) is 6. The van der Waals surface area contributed by atoms with Crippen molar-refractivity contribution in [1.29, 1.82) is 0 Å². The molecule has 1 heterocycles. The molecule has 0 saturated carbocycles. The number of rotatable bonds is 8. The van der Waals surface area contributed by atoms with E-state index in [0.29, 0.717) is 28.8 Å². The molecular formula is C21H19F6N2O6P. The lowest BCUT2D eigenvalue weighted by Crippen LogP contribution is -2.36. The molecule has 1 aromatic heterocycles. The predicted octanol–water partition coefficient (Wildman–Crippen LogP) is 5.74. The Morgan fingerprint density at radius 1 is 0.944 bits per heavy atom. The zero-order valence-electron chi connectivity index (χ0n) is 18.7. The number of ether oxygens (including phenoxy) is 1. The highest BCUT2D eigenvalue weighted by Gasteiger charge is 2.37. The maximum absolute atomic E-state index is 13.8. The molecule has 0 bridgehead atoms. The smallest absolute Gasteiger partial charge is 0.420 e. The van der Waals surface area contributed by atoms with Crippen LogP contribution in [0.2, 0.25) is 0 Å². The van der Waals surface area contributed by atoms with Crippen molar-refractivity contribution in [3.63, 3.8) is 0 Å². The third-order valence-electron chi connectivity index (χ3n) is 4.74. The molecule has 0 aliphatic carbocycles. The number of nitrogens with zero attached hydrogens (tertiary/aromatic N) is 1. The molecule has 0 unspecified atom stereocenters. The van der Waals surface area contributed by atoms with Crippen LogP contribution in [0.3, 0.4) is 0 Å². The second-order valence-electron chi connectivity index (χ2n) is 7.27. The van der Waals surface area contributed by atoms with Gasteiger partial charge in [0, 0.05) is 6.07 Å². The number of fused-ring (bicyclic) bond motifs is 1. The van der Waals surface area contributed by atoms with Crippen molar-refractivity contribution in [2.75, 3.05) is 13.2 Å². The third-order valence-corrected chi connectivity index (χ3v) is 6.67. The first-order valence-corrected chi connectivity index (χ1v) is 12.0. The molecule has 0 amide bonds. The van der Waals surface area contributed by atoms with Crippen LogP contribution >= 0.6 is 7.60 Å². The maximum atomic E-state index is 13.8. The summed E-state index contributed by atoms with van der Waals surface area (Å²) in [5.74, 6) is -1.53. The van der Waals surface area contributed by atoms with Gasteiger partial charge in [-0.15, -0.1) is 0 Å². The highest BCUT2D eigenvalue weighted by molar-refractivity contribution is 7.52. The van der Waals surface area contributed by atoms with Crippen LogP contribution in [-0.4, -0.2) is 22.8 Å². The van der Waals surface area contributed by atoms with E-state index in [9.17, 15) is 40.5 Å². The van der Waals surface area contributed by atoms with E-state index in [-0.39, 0.29) is 18.7 Å². The van der Waals surface area contributed by atoms with Crippen molar-refractivity contribution in [2.24, 2.45) is 0 Å². The normalized spacial score (nSPS) is 12.8. The summed E-state index contributed by atoms with van der Waals surface area (Å²) in [4.78, 5) is 26.7. The molecule has 3 rings (SSSR count). The van der Waals surface area contributed by atoms with Crippen molar-refractivity contribution in [2.45, 2.75) is 32.5 Å². The fraction of sp³-hybridized carbons (Fsp3) is 0.333. The monoisotopic (exact) mass is 540 g/mol. The van der Waals surface area contributed by atoms with E-state index in [1.165, 1.54) is 13.8 Å². The molecule has 0 radical (unpaired) electrons. The highest BCUT2D eigenvalue weighted by atomic mass is 31.2. The van der Waals surface area contributed by atoms with Crippen molar-refractivity contribution >= 4 is 18.6 Å². The molecule has 0 saturated heterocycles. The van der Waals surface area contributed by atoms with Gasteiger partial charge in [-0.1, -0.05) is 6.07 Å². The number of aromatic amines is 1. The minimum atomic E-state index is -5.06. The van der Waals surface area contributed by atoms with Crippen LogP contribution in [0.1, 0.15) is 25.0 Å². The molecule has 8 nitrogen and oxygen atoms in total. The molecule has 36 heavy (non-hydrogen) atoms. The fourth-order valence-corrected chi connectivity index (χ4v) is 4.95. The predicted molar refractivity (Wildman–Crippen MR) is 116 cm³/mol. The summed E-state index contributed by atoms with van der Waals surface area (Å²) in [6.07, 6.45) is -10.7. The topological polar surface area (TPSA) is 99.6 Å². The van der Waals surface area contributed by atoms with Gasteiger partial charge in [0.2, 0.25) is 0 Å². The van der Waals surface area contributed by atoms with Gasteiger partial charge in [-0.05, 0) is 38.1 Å². The molecule has 0 atom stereocenters. The first kappa shape index (κ1) is 27.5. The Labute approximate surface area is 198 Å². The van der Waals surface area contributed by atoms with Crippen molar-refractivity contribution in [3.8, 4) is 11.5 Å². The molecule has 3 aromatic rings. The van der Waals surface area contributed by atoms with Crippen LogP contribution in [-0.2, 0) is 32.3 Å². The van der Waals surface area contributed by atoms with Gasteiger partial charge in [-0.2, -0.15) is 26.3 Å². The quantitative estimate of drug-likeness (QED) is 0.222. The van der Waals surface area contributed by atoms with Crippen molar-refractivity contribution in [1.82, 2.24) is 9.55 Å². The number of benzene rings is 2. The molecule has 196 valence electrons. The lowest BCUT2D eigenvalue weighted by Gasteiger charge is -2.20. The largest absolute Gasteiger partial charge is 0.457 e. The molecule has 1 N–H and O–H groups in total. The highest BCUT2D eigenvalue weighted by Crippen LogP contribution is 2.50. The number of halogens is 6. The summed E-state index contributed by atoms with van der Waals surface area (Å²) < 4.78 is 110. The molecule has 15 heteroatoms. The van der Waals surface area contributed by atoms with E-state index in [2.05, 4.69) is 0 Å². The Morgan fingerprint density at radius 2 is 1.58 bits per heavy atom. The van der Waals surface area contributed by atoms with E-state index in [4.69, 9.17) is 13.8 Å². The Hall–Kier alpha value is -3.09. The van der Waals surface area contributed by atoms with Crippen molar-refractivity contribution < 1.29 is 44.7 Å². The molecule has 0 aliphatic heterocycles. The van der Waals surface area contributed by atoms with Gasteiger partial charge in [0.1, 0.15) is 23.3 Å². The molecule has 2 aromatic carbocycles.